The second-order valence-electron chi connectivity index (χ2n) is 9.42. The van der Waals surface area contributed by atoms with Crippen LogP contribution in [0.3, 0.4) is 0 Å². The molecule has 41 heavy (non-hydrogen) atoms. The van der Waals surface area contributed by atoms with E-state index in [-0.39, 0.29) is 45.0 Å². The third-order valence-corrected chi connectivity index (χ3v) is 8.97. The predicted octanol–water partition coefficient (Wildman–Crippen LogP) is 5.45. The van der Waals surface area contributed by atoms with Crippen LogP contribution in [0, 0.1) is 5.92 Å². The number of ether oxygens (including phenoxy) is 3. The highest BCUT2D eigenvalue weighted by Gasteiger charge is 2.42. The van der Waals surface area contributed by atoms with Crippen LogP contribution in [-0.2, 0) is 26.0 Å². The van der Waals surface area contributed by atoms with Crippen molar-refractivity contribution in [2.24, 2.45) is 5.92 Å². The van der Waals surface area contributed by atoms with Gasteiger partial charge in [-0.2, -0.15) is 8.78 Å². The van der Waals surface area contributed by atoms with Crippen LogP contribution in [0.1, 0.15) is 40.4 Å². The highest BCUT2D eigenvalue weighted by atomic mass is 35.5. The summed E-state index contributed by atoms with van der Waals surface area (Å²) < 4.78 is 68.4. The maximum atomic E-state index is 13.1. The lowest BCUT2D eigenvalue weighted by atomic mass is 10.0. The van der Waals surface area contributed by atoms with E-state index in [1.807, 2.05) is 0 Å². The number of amides is 1. The Balaban J connectivity index is 1.44. The zero-order valence-electron chi connectivity index (χ0n) is 21.1. The molecule has 0 N–H and O–H groups in total. The second-order valence-corrected chi connectivity index (χ2v) is 12.1. The molecule has 1 fully saturated rings. The topological polar surface area (TPSA) is 112 Å². The van der Waals surface area contributed by atoms with E-state index in [0.29, 0.717) is 21.4 Å². The Bertz CT molecular complexity index is 1580. The summed E-state index contributed by atoms with van der Waals surface area (Å²) in [6, 6.07) is 9.65. The number of esters is 1. The fraction of sp³-hybridized carbons (Fsp3) is 0.296. The first-order valence-electron chi connectivity index (χ1n) is 12.4. The van der Waals surface area contributed by atoms with Crippen molar-refractivity contribution >= 4 is 45.1 Å². The minimum absolute atomic E-state index is 0.00965. The standard InChI is InChI=1S/C27H22Cl2F2N2O7S/c28-19-11-32-12-20(29)18(19)10-22(16-7-8-21(40-27(30)31)23(9-16)38-14-15-5-6-15)39-25(34)13-33-26(35)17-3-1-2-4-24(17)41(33,36)37/h1-4,7-9,11-12,15,22,27H,5-6,10,13-14H2/t22-/m0/s1. The third-order valence-electron chi connectivity index (χ3n) is 6.53. The number of halogens is 4. The molecule has 0 saturated heterocycles. The summed E-state index contributed by atoms with van der Waals surface area (Å²) in [5.41, 5.74) is 0.611. The van der Waals surface area contributed by atoms with E-state index in [1.54, 1.807) is 0 Å². The molecule has 0 bridgehead atoms. The summed E-state index contributed by atoms with van der Waals surface area (Å²) in [5, 5.41) is 0.350. The van der Waals surface area contributed by atoms with E-state index >= 15 is 0 Å². The van der Waals surface area contributed by atoms with Crippen molar-refractivity contribution in [3.8, 4) is 11.5 Å². The number of carbonyl (C=O) groups excluding carboxylic acids is 2. The van der Waals surface area contributed by atoms with Crippen LogP contribution >= 0.6 is 23.2 Å². The van der Waals surface area contributed by atoms with Gasteiger partial charge in [-0.05, 0) is 54.2 Å². The Morgan fingerprint density at radius 3 is 2.44 bits per heavy atom. The first-order chi connectivity index (χ1) is 19.5. The number of hydrogen-bond acceptors (Lipinski definition) is 8. The van der Waals surface area contributed by atoms with Gasteiger partial charge in [0.2, 0.25) is 0 Å². The monoisotopic (exact) mass is 626 g/mol. The van der Waals surface area contributed by atoms with Gasteiger partial charge in [0, 0.05) is 18.8 Å². The largest absolute Gasteiger partial charge is 0.489 e. The van der Waals surface area contributed by atoms with Crippen LogP contribution in [0.4, 0.5) is 8.78 Å². The summed E-state index contributed by atoms with van der Waals surface area (Å²) in [4.78, 5) is 29.6. The molecule has 9 nitrogen and oxygen atoms in total. The average molecular weight is 627 g/mol. The van der Waals surface area contributed by atoms with Crippen molar-refractivity contribution in [2.75, 3.05) is 13.2 Å². The van der Waals surface area contributed by atoms with Crippen molar-refractivity contribution in [1.29, 1.82) is 0 Å². The minimum atomic E-state index is -4.27. The molecule has 2 aliphatic rings. The summed E-state index contributed by atoms with van der Waals surface area (Å²) in [6.07, 6.45) is 3.35. The number of hydrogen-bond donors (Lipinski definition) is 0. The Morgan fingerprint density at radius 2 is 1.78 bits per heavy atom. The average Bonchev–Trinajstić information content (AvgIpc) is 3.74. The summed E-state index contributed by atoms with van der Waals surface area (Å²) in [7, 11) is -4.27. The fourth-order valence-corrected chi connectivity index (χ4v) is 6.30. The van der Waals surface area contributed by atoms with Gasteiger partial charge in [0.25, 0.3) is 15.9 Å². The number of pyridine rings is 1. The number of benzene rings is 2. The quantitative estimate of drug-likeness (QED) is 0.258. The summed E-state index contributed by atoms with van der Waals surface area (Å²) in [6.45, 7) is -3.72. The van der Waals surface area contributed by atoms with Gasteiger partial charge >= 0.3 is 12.6 Å². The van der Waals surface area contributed by atoms with Crippen LogP contribution in [0.15, 0.2) is 59.8 Å². The number of fused-ring (bicyclic) bond motifs is 1. The molecule has 1 aliphatic heterocycles. The molecule has 216 valence electrons. The van der Waals surface area contributed by atoms with Gasteiger partial charge < -0.3 is 14.2 Å². The molecule has 1 aromatic heterocycles. The molecule has 14 heteroatoms. The van der Waals surface area contributed by atoms with Crippen molar-refractivity contribution in [1.82, 2.24) is 9.29 Å². The number of nitrogens with zero attached hydrogens (tertiary/aromatic N) is 2. The smallest absolute Gasteiger partial charge is 0.387 e. The zero-order chi connectivity index (χ0) is 29.3. The number of rotatable bonds is 11. The van der Waals surface area contributed by atoms with Gasteiger partial charge in [0.1, 0.15) is 17.5 Å². The normalized spacial score (nSPS) is 16.4. The molecule has 1 atom stereocenters. The van der Waals surface area contributed by atoms with Gasteiger partial charge in [0.15, 0.2) is 11.5 Å². The van der Waals surface area contributed by atoms with Crippen LogP contribution in [0.25, 0.3) is 0 Å². The lowest BCUT2D eigenvalue weighted by Crippen LogP contribution is -2.36. The Hall–Kier alpha value is -3.48. The van der Waals surface area contributed by atoms with Crippen LogP contribution < -0.4 is 9.47 Å². The van der Waals surface area contributed by atoms with Crippen LogP contribution in [-0.4, -0.2) is 49.3 Å². The molecule has 2 heterocycles. The number of alkyl halides is 2. The lowest BCUT2D eigenvalue weighted by Gasteiger charge is -2.23. The Morgan fingerprint density at radius 1 is 1.07 bits per heavy atom. The van der Waals surface area contributed by atoms with Gasteiger partial charge in [0.05, 0.1) is 22.2 Å². The van der Waals surface area contributed by atoms with E-state index in [2.05, 4.69) is 9.72 Å². The summed E-state index contributed by atoms with van der Waals surface area (Å²) in [5.74, 6) is -1.81. The van der Waals surface area contributed by atoms with Crippen molar-refractivity contribution < 1.29 is 41.0 Å². The number of sulfonamides is 1. The van der Waals surface area contributed by atoms with Crippen molar-refractivity contribution in [3.05, 3.63) is 81.6 Å². The number of carbonyl (C=O) groups is 2. The van der Waals surface area contributed by atoms with Gasteiger partial charge in [-0.15, -0.1) is 0 Å². The minimum Gasteiger partial charge on any atom is -0.489 e. The molecular weight excluding hydrogens is 605 g/mol. The SMILES string of the molecule is O=C(CN1C(=O)c2ccccc2S1(=O)=O)O[C@@H](Cc1c(Cl)cncc1Cl)c1ccc(OC(F)F)c(OCC2CC2)c1. The molecule has 0 radical (unpaired) electrons. The highest BCUT2D eigenvalue weighted by molar-refractivity contribution is 7.90. The van der Waals surface area contributed by atoms with E-state index in [1.165, 1.54) is 54.9 Å². The highest BCUT2D eigenvalue weighted by Crippen LogP contribution is 2.38. The molecule has 1 saturated carbocycles. The van der Waals surface area contributed by atoms with Crippen molar-refractivity contribution in [2.45, 2.75) is 36.9 Å². The van der Waals surface area contributed by atoms with E-state index in [0.717, 1.165) is 12.8 Å². The molecule has 0 unspecified atom stereocenters. The number of aromatic nitrogens is 1. The molecule has 3 aromatic rings. The Labute approximate surface area is 244 Å². The molecule has 1 amide bonds. The van der Waals surface area contributed by atoms with E-state index in [4.69, 9.17) is 32.7 Å². The first-order valence-corrected chi connectivity index (χ1v) is 14.6. The first kappa shape index (κ1) is 29.0. The summed E-state index contributed by atoms with van der Waals surface area (Å²) >= 11 is 12.6. The second kappa shape index (κ2) is 11.8. The molecular formula is C27H22Cl2F2N2O7S. The predicted molar refractivity (Wildman–Crippen MR) is 143 cm³/mol. The molecule has 1 aliphatic carbocycles. The molecule has 2 aromatic carbocycles. The van der Waals surface area contributed by atoms with Gasteiger partial charge in [-0.3, -0.25) is 14.6 Å². The Kier molecular flexibility index (Phi) is 8.35. The zero-order valence-corrected chi connectivity index (χ0v) is 23.5. The van der Waals surface area contributed by atoms with Crippen molar-refractivity contribution in [3.63, 3.8) is 0 Å². The maximum absolute atomic E-state index is 13.1. The van der Waals surface area contributed by atoms with Gasteiger partial charge in [-0.1, -0.05) is 41.4 Å². The molecule has 5 rings (SSSR count). The van der Waals surface area contributed by atoms with E-state index in [9.17, 15) is 26.8 Å². The fourth-order valence-electron chi connectivity index (χ4n) is 4.27. The van der Waals surface area contributed by atoms with Crippen LogP contribution in [0.2, 0.25) is 10.0 Å². The van der Waals surface area contributed by atoms with E-state index < -0.39 is 41.2 Å². The lowest BCUT2D eigenvalue weighted by molar-refractivity contribution is -0.149. The van der Waals surface area contributed by atoms with Crippen LogP contribution in [0.5, 0.6) is 11.5 Å². The third kappa shape index (κ3) is 6.39. The van der Waals surface area contributed by atoms with Gasteiger partial charge in [-0.25, -0.2) is 12.7 Å². The molecule has 0 spiro atoms. The maximum Gasteiger partial charge on any atom is 0.387 e.